The fourth-order valence-corrected chi connectivity index (χ4v) is 6.03. The Hall–Kier alpha value is -3.89. The number of hydrogen-bond donors (Lipinski definition) is 1. The molecule has 3 aromatic rings. The Bertz CT molecular complexity index is 1500. The van der Waals surface area contributed by atoms with Crippen molar-refractivity contribution in [2.45, 2.75) is 38.0 Å². The van der Waals surface area contributed by atoms with Crippen molar-refractivity contribution in [3.05, 3.63) is 88.4 Å². The summed E-state index contributed by atoms with van der Waals surface area (Å²) < 4.78 is 33.8. The van der Waals surface area contributed by atoms with Gasteiger partial charge in [-0.1, -0.05) is 35.4 Å². The smallest absolute Gasteiger partial charge is 0.264 e. The Morgan fingerprint density at radius 1 is 1.00 bits per heavy atom. The highest BCUT2D eigenvalue weighted by Crippen LogP contribution is 2.30. The number of hydrogen-bond acceptors (Lipinski definition) is 6. The number of anilines is 1. The highest BCUT2D eigenvalue weighted by Gasteiger charge is 2.28. The molecule has 1 aliphatic heterocycles. The van der Waals surface area contributed by atoms with Gasteiger partial charge in [-0.2, -0.15) is 5.10 Å². The molecule has 41 heavy (non-hydrogen) atoms. The van der Waals surface area contributed by atoms with Crippen LogP contribution in [-0.2, 0) is 19.6 Å². The summed E-state index contributed by atoms with van der Waals surface area (Å²) in [6, 6.07) is 18.2. The monoisotopic (exact) mass is 596 g/mol. The first kappa shape index (κ1) is 30.1. The van der Waals surface area contributed by atoms with Gasteiger partial charge < -0.3 is 9.64 Å². The van der Waals surface area contributed by atoms with E-state index in [2.05, 4.69) is 10.5 Å². The maximum atomic E-state index is 13.6. The highest BCUT2D eigenvalue weighted by atomic mass is 35.5. The number of rotatable bonds is 10. The van der Waals surface area contributed by atoms with Crippen LogP contribution in [0, 0.1) is 13.8 Å². The van der Waals surface area contributed by atoms with E-state index in [-0.39, 0.29) is 17.4 Å². The van der Waals surface area contributed by atoms with Crippen LogP contribution in [-0.4, -0.2) is 57.6 Å². The molecule has 0 atom stereocenters. The number of sulfonamides is 1. The third-order valence-electron chi connectivity index (χ3n) is 6.76. The molecule has 0 aliphatic carbocycles. The van der Waals surface area contributed by atoms with Gasteiger partial charge in [-0.05, 0) is 92.8 Å². The molecule has 216 valence electrons. The molecule has 11 heteroatoms. The van der Waals surface area contributed by atoms with Crippen molar-refractivity contribution < 1.29 is 22.7 Å². The van der Waals surface area contributed by atoms with E-state index >= 15 is 0 Å². The molecule has 4 rings (SSSR count). The third kappa shape index (κ3) is 7.86. The lowest BCUT2D eigenvalue weighted by atomic mass is 10.1. The number of likely N-dealkylation sites (tertiary alicyclic amines) is 1. The SMILES string of the molecule is Cc1ccc(S(=O)(=O)N(CC(=O)N/N=C\c2ccc(OCC(=O)N3CCCCC3)cc2)c2cccc(Cl)c2C)cc1. The first-order valence-electron chi connectivity index (χ1n) is 13.3. The molecule has 0 spiro atoms. The van der Waals surface area contributed by atoms with E-state index in [1.807, 2.05) is 11.8 Å². The fraction of sp³-hybridized carbons (Fsp3) is 0.300. The second-order valence-corrected chi connectivity index (χ2v) is 12.1. The normalized spacial score (nSPS) is 13.7. The van der Waals surface area contributed by atoms with Gasteiger partial charge in [0.2, 0.25) is 0 Å². The van der Waals surface area contributed by atoms with Crippen molar-refractivity contribution in [2.24, 2.45) is 5.10 Å². The predicted octanol–water partition coefficient (Wildman–Crippen LogP) is 4.69. The molecule has 1 heterocycles. The van der Waals surface area contributed by atoms with Crippen LogP contribution in [0.25, 0.3) is 0 Å². The highest BCUT2D eigenvalue weighted by molar-refractivity contribution is 7.92. The number of carbonyl (C=O) groups is 2. The zero-order valence-corrected chi connectivity index (χ0v) is 24.6. The van der Waals surface area contributed by atoms with Gasteiger partial charge in [0.15, 0.2) is 6.61 Å². The predicted molar refractivity (Wildman–Crippen MR) is 160 cm³/mol. The number of benzene rings is 3. The molecule has 0 aromatic heterocycles. The van der Waals surface area contributed by atoms with E-state index in [0.717, 1.165) is 42.2 Å². The Labute approximate surface area is 245 Å². The van der Waals surface area contributed by atoms with Crippen LogP contribution in [0.3, 0.4) is 0 Å². The molecule has 9 nitrogen and oxygen atoms in total. The van der Waals surface area contributed by atoms with E-state index in [1.165, 1.54) is 18.3 Å². The zero-order chi connectivity index (χ0) is 29.4. The molecule has 2 amide bonds. The maximum Gasteiger partial charge on any atom is 0.264 e. The second kappa shape index (κ2) is 13.6. The zero-order valence-electron chi connectivity index (χ0n) is 23.0. The van der Waals surface area contributed by atoms with Crippen LogP contribution in [0.4, 0.5) is 5.69 Å². The number of nitrogens with zero attached hydrogens (tertiary/aromatic N) is 3. The summed E-state index contributed by atoms with van der Waals surface area (Å²) in [6.07, 6.45) is 4.64. The Morgan fingerprint density at radius 2 is 1.68 bits per heavy atom. The van der Waals surface area contributed by atoms with E-state index in [1.54, 1.807) is 61.5 Å². The summed E-state index contributed by atoms with van der Waals surface area (Å²) >= 11 is 6.27. The first-order valence-corrected chi connectivity index (χ1v) is 15.1. The molecular weight excluding hydrogens is 564 g/mol. The third-order valence-corrected chi connectivity index (χ3v) is 8.94. The lowest BCUT2D eigenvalue weighted by molar-refractivity contribution is -0.134. The number of amides is 2. The van der Waals surface area contributed by atoms with Crippen LogP contribution >= 0.6 is 11.6 Å². The van der Waals surface area contributed by atoms with Crippen molar-refractivity contribution >= 4 is 45.3 Å². The van der Waals surface area contributed by atoms with Gasteiger partial charge in [-0.15, -0.1) is 0 Å². The lowest BCUT2D eigenvalue weighted by Crippen LogP contribution is -2.40. The van der Waals surface area contributed by atoms with Gasteiger partial charge in [0.25, 0.3) is 21.8 Å². The average Bonchev–Trinajstić information content (AvgIpc) is 2.97. The van der Waals surface area contributed by atoms with Gasteiger partial charge >= 0.3 is 0 Å². The van der Waals surface area contributed by atoms with E-state index < -0.39 is 22.5 Å². The van der Waals surface area contributed by atoms with Gasteiger partial charge in [0, 0.05) is 18.1 Å². The Balaban J connectivity index is 1.39. The number of nitrogens with one attached hydrogen (secondary N) is 1. The van der Waals surface area contributed by atoms with E-state index in [9.17, 15) is 18.0 Å². The standard InChI is InChI=1S/C30H33ClN4O5S/c1-22-9-15-26(16-10-22)41(38,39)35(28-8-6-7-27(31)23(28)2)20-29(36)33-32-19-24-11-13-25(14-12-24)40-21-30(37)34-17-4-3-5-18-34/h6-16,19H,3-5,17-18,20-21H2,1-2H3,(H,33,36)/b32-19-. The molecule has 3 aromatic carbocycles. The molecule has 1 N–H and O–H groups in total. The van der Waals surface area contributed by atoms with Crippen LogP contribution in [0.15, 0.2) is 76.7 Å². The number of halogens is 1. The Morgan fingerprint density at radius 3 is 2.37 bits per heavy atom. The van der Waals surface area contributed by atoms with Crippen LogP contribution in [0.1, 0.15) is 36.0 Å². The van der Waals surface area contributed by atoms with Gasteiger partial charge in [0.05, 0.1) is 16.8 Å². The largest absolute Gasteiger partial charge is 0.484 e. The molecule has 1 fully saturated rings. The van der Waals surface area contributed by atoms with Crippen molar-refractivity contribution in [3.63, 3.8) is 0 Å². The summed E-state index contributed by atoms with van der Waals surface area (Å²) in [5.74, 6) is -0.109. The Kier molecular flexibility index (Phi) is 10.0. The minimum absolute atomic E-state index is 0.0163. The molecule has 1 aliphatic rings. The van der Waals surface area contributed by atoms with Crippen molar-refractivity contribution in [2.75, 3.05) is 30.5 Å². The van der Waals surface area contributed by atoms with Crippen LogP contribution < -0.4 is 14.5 Å². The molecule has 0 unspecified atom stereocenters. The van der Waals surface area contributed by atoms with E-state index in [4.69, 9.17) is 16.3 Å². The summed E-state index contributed by atoms with van der Waals surface area (Å²) in [6.45, 7) is 4.58. The summed E-state index contributed by atoms with van der Waals surface area (Å²) in [4.78, 5) is 27.0. The van der Waals surface area contributed by atoms with Crippen molar-refractivity contribution in [3.8, 4) is 5.75 Å². The molecule has 0 radical (unpaired) electrons. The molecule has 0 saturated carbocycles. The topological polar surface area (TPSA) is 108 Å². The number of hydrazone groups is 1. The first-order chi connectivity index (χ1) is 19.6. The van der Waals surface area contributed by atoms with Gasteiger partial charge in [0.1, 0.15) is 12.3 Å². The minimum Gasteiger partial charge on any atom is -0.484 e. The minimum atomic E-state index is -4.09. The second-order valence-electron chi connectivity index (χ2n) is 9.80. The average molecular weight is 597 g/mol. The summed E-state index contributed by atoms with van der Waals surface area (Å²) in [5, 5.41) is 4.37. The van der Waals surface area contributed by atoms with Crippen molar-refractivity contribution in [1.82, 2.24) is 10.3 Å². The summed E-state index contributed by atoms with van der Waals surface area (Å²) in [5.41, 5.74) is 4.81. The number of piperidine rings is 1. The summed E-state index contributed by atoms with van der Waals surface area (Å²) in [7, 11) is -4.09. The number of ether oxygens (including phenoxy) is 1. The maximum absolute atomic E-state index is 13.6. The molecule has 1 saturated heterocycles. The lowest BCUT2D eigenvalue weighted by Gasteiger charge is -2.26. The van der Waals surface area contributed by atoms with Gasteiger partial charge in [-0.25, -0.2) is 13.8 Å². The number of aryl methyl sites for hydroxylation is 1. The fourth-order valence-electron chi connectivity index (χ4n) is 4.38. The van der Waals surface area contributed by atoms with Crippen LogP contribution in [0.5, 0.6) is 5.75 Å². The molecular formula is C30H33ClN4O5S. The number of carbonyl (C=O) groups excluding carboxylic acids is 2. The molecule has 0 bridgehead atoms. The quantitative estimate of drug-likeness (QED) is 0.270. The van der Waals surface area contributed by atoms with Crippen molar-refractivity contribution in [1.29, 1.82) is 0 Å². The van der Waals surface area contributed by atoms with E-state index in [0.29, 0.717) is 27.6 Å². The van der Waals surface area contributed by atoms with Crippen LogP contribution in [0.2, 0.25) is 5.02 Å². The van der Waals surface area contributed by atoms with Gasteiger partial charge in [-0.3, -0.25) is 13.9 Å².